The van der Waals surface area contributed by atoms with E-state index >= 15 is 0 Å². The van der Waals surface area contributed by atoms with Gasteiger partial charge in [0, 0.05) is 0 Å². The van der Waals surface area contributed by atoms with Gasteiger partial charge in [-0.25, -0.2) is 5.06 Å². The van der Waals surface area contributed by atoms with Gasteiger partial charge in [-0.1, -0.05) is 25.0 Å². The van der Waals surface area contributed by atoms with Gasteiger partial charge >= 0.3 is 0 Å². The number of anilines is 1. The van der Waals surface area contributed by atoms with E-state index in [-0.39, 0.29) is 6.10 Å². The molecule has 1 aromatic rings. The van der Waals surface area contributed by atoms with E-state index in [2.05, 4.69) is 22.3 Å². The highest BCUT2D eigenvalue weighted by Crippen LogP contribution is 2.28. The second-order valence-electron chi connectivity index (χ2n) is 4.74. The Morgan fingerprint density at radius 1 is 1.18 bits per heavy atom. The molecule has 2 aliphatic heterocycles. The Kier molecular flexibility index (Phi) is 2.81. The molecule has 1 aliphatic carbocycles. The lowest BCUT2D eigenvalue weighted by Crippen LogP contribution is -2.42. The molecule has 0 radical (unpaired) electrons. The van der Waals surface area contributed by atoms with Crippen molar-refractivity contribution in [3.63, 3.8) is 0 Å². The quantitative estimate of drug-likeness (QED) is 0.696. The Morgan fingerprint density at radius 2 is 2.06 bits per heavy atom. The Hall–Kier alpha value is -1.42. The van der Waals surface area contributed by atoms with Crippen LogP contribution in [0.25, 0.3) is 0 Å². The van der Waals surface area contributed by atoms with Gasteiger partial charge < -0.3 is 0 Å². The van der Waals surface area contributed by atoms with Crippen LogP contribution in [0.3, 0.4) is 0 Å². The van der Waals surface area contributed by atoms with Crippen LogP contribution in [-0.2, 0) is 4.84 Å². The normalized spacial score (nSPS) is 27.9. The highest BCUT2D eigenvalue weighted by atomic mass is 16.7. The molecule has 1 saturated heterocycles. The van der Waals surface area contributed by atoms with Gasteiger partial charge in [-0.15, -0.1) is 5.10 Å². The molecule has 0 amide bonds. The highest BCUT2D eigenvalue weighted by molar-refractivity contribution is 5.38. The number of rotatable bonds is 1. The van der Waals surface area contributed by atoms with Crippen molar-refractivity contribution in [1.29, 1.82) is 0 Å². The predicted octanol–water partition coefficient (Wildman–Crippen LogP) is 2.40. The van der Waals surface area contributed by atoms with Crippen LogP contribution in [0, 0.1) is 6.92 Å². The lowest BCUT2D eigenvalue weighted by atomic mass is 9.99. The molecule has 2 unspecified atom stereocenters. The van der Waals surface area contributed by atoms with Crippen molar-refractivity contribution in [3.8, 4) is 0 Å². The lowest BCUT2D eigenvalue weighted by Gasteiger charge is -2.37. The molecule has 4 rings (SSSR count). The maximum Gasteiger partial charge on any atom is 0.175 e. The molecule has 3 heterocycles. The third-order valence-electron chi connectivity index (χ3n) is 3.35. The molecular formula is C13H17N3O. The fraction of sp³-hybridized carbons (Fsp3) is 0.538. The average Bonchev–Trinajstić information content (AvgIpc) is 2.30. The molecule has 0 N–H and O–H groups in total. The lowest BCUT2D eigenvalue weighted by molar-refractivity contribution is 0.0234. The van der Waals surface area contributed by atoms with Crippen LogP contribution in [0.1, 0.15) is 31.4 Å². The van der Waals surface area contributed by atoms with Crippen LogP contribution >= 0.6 is 0 Å². The first-order valence-corrected chi connectivity index (χ1v) is 6.27. The number of hydrogen-bond acceptors (Lipinski definition) is 4. The molecule has 1 fully saturated rings. The second-order valence-corrected chi connectivity index (χ2v) is 4.74. The summed E-state index contributed by atoms with van der Waals surface area (Å²) in [5.41, 5.74) is 0.932. The van der Waals surface area contributed by atoms with E-state index in [4.69, 9.17) is 4.84 Å². The van der Waals surface area contributed by atoms with Gasteiger partial charge in [0.2, 0.25) is 0 Å². The van der Waals surface area contributed by atoms with Gasteiger partial charge in [-0.3, -0.25) is 4.84 Å². The largest absolute Gasteiger partial charge is 0.264 e. The highest BCUT2D eigenvalue weighted by Gasteiger charge is 2.28. The topological polar surface area (TPSA) is 38.2 Å². The van der Waals surface area contributed by atoms with Crippen molar-refractivity contribution in [2.75, 3.05) is 5.06 Å². The number of nitrogens with zero attached hydrogens (tertiary/aromatic N) is 3. The summed E-state index contributed by atoms with van der Waals surface area (Å²) in [4.78, 5) is 5.96. The second kappa shape index (κ2) is 4.45. The van der Waals surface area contributed by atoms with E-state index in [1.54, 1.807) is 0 Å². The van der Waals surface area contributed by atoms with Crippen LogP contribution in [0.4, 0.5) is 5.82 Å². The summed E-state index contributed by atoms with van der Waals surface area (Å²) < 4.78 is 0. The Bertz CT molecular complexity index is 415. The van der Waals surface area contributed by atoms with Crippen molar-refractivity contribution in [2.45, 2.75) is 44.8 Å². The number of hydrogen-bond donors (Lipinski definition) is 0. The smallest absolute Gasteiger partial charge is 0.175 e. The Labute approximate surface area is 101 Å². The summed E-state index contributed by atoms with van der Waals surface area (Å²) in [6.07, 6.45) is 9.35. The number of aryl methyl sites for hydroxylation is 1. The van der Waals surface area contributed by atoms with Crippen LogP contribution in [0.2, 0.25) is 0 Å². The zero-order valence-corrected chi connectivity index (χ0v) is 10.0. The maximum absolute atomic E-state index is 5.96. The van der Waals surface area contributed by atoms with E-state index in [0.717, 1.165) is 24.4 Å². The van der Waals surface area contributed by atoms with Crippen LogP contribution in [0.5, 0.6) is 0 Å². The molecule has 0 saturated carbocycles. The number of fused-ring (bicyclic) bond motifs is 4. The third-order valence-corrected chi connectivity index (χ3v) is 3.35. The van der Waals surface area contributed by atoms with Crippen LogP contribution < -0.4 is 5.06 Å². The molecule has 0 spiro atoms. The fourth-order valence-electron chi connectivity index (χ4n) is 2.38. The number of aromatic nitrogens is 2. The molecule has 4 heteroatoms. The molecule has 4 nitrogen and oxygen atoms in total. The van der Waals surface area contributed by atoms with Gasteiger partial charge in [0.1, 0.15) is 6.10 Å². The first kappa shape index (κ1) is 10.7. The first-order valence-electron chi connectivity index (χ1n) is 6.27. The molecule has 2 bridgehead atoms. The molecular weight excluding hydrogens is 214 g/mol. The van der Waals surface area contributed by atoms with Gasteiger partial charge in [0.05, 0.1) is 11.7 Å². The van der Waals surface area contributed by atoms with E-state index in [1.165, 1.54) is 12.8 Å². The molecule has 3 aliphatic rings. The predicted molar refractivity (Wildman–Crippen MR) is 65.5 cm³/mol. The van der Waals surface area contributed by atoms with E-state index in [9.17, 15) is 0 Å². The summed E-state index contributed by atoms with van der Waals surface area (Å²) in [5.74, 6) is 0.817. The summed E-state index contributed by atoms with van der Waals surface area (Å²) in [6.45, 7) is 1.94. The zero-order valence-electron chi connectivity index (χ0n) is 10.0. The number of hydroxylamine groups is 1. The van der Waals surface area contributed by atoms with Crippen LogP contribution in [-0.4, -0.2) is 22.3 Å². The zero-order chi connectivity index (χ0) is 11.7. The molecule has 0 aromatic carbocycles. The first-order chi connectivity index (χ1) is 8.33. The van der Waals surface area contributed by atoms with Crippen molar-refractivity contribution >= 4 is 5.82 Å². The monoisotopic (exact) mass is 231 g/mol. The van der Waals surface area contributed by atoms with Crippen molar-refractivity contribution in [3.05, 3.63) is 30.0 Å². The van der Waals surface area contributed by atoms with Gasteiger partial charge in [0.25, 0.3) is 0 Å². The van der Waals surface area contributed by atoms with E-state index < -0.39 is 0 Å². The van der Waals surface area contributed by atoms with Crippen molar-refractivity contribution in [2.24, 2.45) is 0 Å². The third kappa shape index (κ3) is 2.17. The fourth-order valence-corrected chi connectivity index (χ4v) is 2.38. The van der Waals surface area contributed by atoms with Crippen molar-refractivity contribution < 1.29 is 4.84 Å². The van der Waals surface area contributed by atoms with E-state index in [1.807, 2.05) is 24.1 Å². The minimum Gasteiger partial charge on any atom is -0.264 e. The van der Waals surface area contributed by atoms with Crippen LogP contribution in [0.15, 0.2) is 24.3 Å². The summed E-state index contributed by atoms with van der Waals surface area (Å²) >= 11 is 0. The standard InChI is InChI=1S/C13H17N3O/c1-10-6-9-13(15-14-10)16-11-4-2-3-5-12(17-16)8-7-11/h6-9,11-12H,2-5H2,1H3. The SMILES string of the molecule is Cc1ccc(N2OC3C=CC2CCCC3)nn1. The maximum atomic E-state index is 5.96. The minimum atomic E-state index is 0.203. The summed E-state index contributed by atoms with van der Waals surface area (Å²) in [6, 6.07) is 4.26. The van der Waals surface area contributed by atoms with Gasteiger partial charge in [-0.05, 0) is 31.9 Å². The minimum absolute atomic E-state index is 0.203. The van der Waals surface area contributed by atoms with Gasteiger partial charge in [-0.2, -0.15) is 5.10 Å². The average molecular weight is 231 g/mol. The molecule has 90 valence electrons. The summed E-state index contributed by atoms with van der Waals surface area (Å²) in [7, 11) is 0. The summed E-state index contributed by atoms with van der Waals surface area (Å²) in [5, 5.41) is 10.2. The molecule has 17 heavy (non-hydrogen) atoms. The molecule has 2 atom stereocenters. The molecule has 1 aromatic heterocycles. The van der Waals surface area contributed by atoms with Gasteiger partial charge in [0.15, 0.2) is 5.82 Å². The van der Waals surface area contributed by atoms with E-state index in [0.29, 0.717) is 6.04 Å². The Balaban J connectivity index is 1.87. The Morgan fingerprint density at radius 3 is 2.88 bits per heavy atom. The van der Waals surface area contributed by atoms with Crippen molar-refractivity contribution in [1.82, 2.24) is 10.2 Å².